The van der Waals surface area contributed by atoms with Gasteiger partial charge in [-0.15, -0.1) is 0 Å². The van der Waals surface area contributed by atoms with Crippen LogP contribution in [0.15, 0.2) is 23.2 Å². The van der Waals surface area contributed by atoms with E-state index in [-0.39, 0.29) is 5.92 Å². The molecular formula is C20H34F2N4. The van der Waals surface area contributed by atoms with Gasteiger partial charge in [0.15, 0.2) is 17.6 Å². The molecule has 1 aromatic rings. The van der Waals surface area contributed by atoms with Gasteiger partial charge in [-0.05, 0) is 63.0 Å². The van der Waals surface area contributed by atoms with Crippen LogP contribution in [0.2, 0.25) is 0 Å². The van der Waals surface area contributed by atoms with Crippen LogP contribution < -0.4 is 10.6 Å². The Hall–Kier alpha value is -1.69. The van der Waals surface area contributed by atoms with E-state index in [9.17, 15) is 8.78 Å². The highest BCUT2D eigenvalue weighted by Crippen LogP contribution is 2.17. The number of guanidine groups is 1. The maximum Gasteiger partial charge on any atom is 0.191 e. The second-order valence-electron chi connectivity index (χ2n) is 6.74. The molecule has 2 unspecified atom stereocenters. The molecule has 0 spiro atoms. The normalized spacial score (nSPS) is 14.4. The molecule has 4 nitrogen and oxygen atoms in total. The number of halogens is 2. The van der Waals surface area contributed by atoms with E-state index in [4.69, 9.17) is 0 Å². The largest absolute Gasteiger partial charge is 0.356 e. The third kappa shape index (κ3) is 7.68. The van der Waals surface area contributed by atoms with Gasteiger partial charge in [-0.2, -0.15) is 0 Å². The predicted molar refractivity (Wildman–Crippen MR) is 106 cm³/mol. The van der Waals surface area contributed by atoms with Crippen molar-refractivity contribution in [3.05, 3.63) is 35.4 Å². The monoisotopic (exact) mass is 368 g/mol. The predicted octanol–water partition coefficient (Wildman–Crippen LogP) is 3.74. The third-order valence-corrected chi connectivity index (χ3v) is 4.70. The summed E-state index contributed by atoms with van der Waals surface area (Å²) in [5.74, 6) is -0.847. The minimum absolute atomic E-state index is 0.0432. The van der Waals surface area contributed by atoms with E-state index in [0.29, 0.717) is 12.6 Å². The zero-order valence-electron chi connectivity index (χ0n) is 16.8. The van der Waals surface area contributed by atoms with Crippen molar-refractivity contribution in [1.82, 2.24) is 15.5 Å². The molecule has 148 valence electrons. The van der Waals surface area contributed by atoms with Crippen molar-refractivity contribution in [3.8, 4) is 0 Å². The number of hydrogen-bond acceptors (Lipinski definition) is 2. The molecule has 0 aliphatic heterocycles. The number of benzene rings is 1. The summed E-state index contributed by atoms with van der Waals surface area (Å²) in [6.45, 7) is 12.4. The molecule has 0 fully saturated rings. The Labute approximate surface area is 157 Å². The zero-order chi connectivity index (χ0) is 19.5. The van der Waals surface area contributed by atoms with Crippen LogP contribution >= 0.6 is 0 Å². The van der Waals surface area contributed by atoms with Crippen LogP contribution in [0.3, 0.4) is 0 Å². The number of hydrogen-bond donors (Lipinski definition) is 2. The van der Waals surface area contributed by atoms with Crippen LogP contribution in [0.1, 0.15) is 52.0 Å². The van der Waals surface area contributed by atoms with Gasteiger partial charge in [-0.1, -0.05) is 26.8 Å². The average Bonchev–Trinajstić information content (AvgIpc) is 2.64. The maximum atomic E-state index is 13.4. The lowest BCUT2D eigenvalue weighted by molar-refractivity contribution is 0.292. The number of nitrogens with zero attached hydrogens (tertiary/aromatic N) is 2. The maximum absolute atomic E-state index is 13.4. The molecule has 2 atom stereocenters. The molecule has 0 aliphatic carbocycles. The van der Waals surface area contributed by atoms with Gasteiger partial charge in [0.2, 0.25) is 0 Å². The van der Waals surface area contributed by atoms with Crippen LogP contribution in [0.5, 0.6) is 0 Å². The van der Waals surface area contributed by atoms with Crippen molar-refractivity contribution in [2.24, 2.45) is 4.99 Å². The van der Waals surface area contributed by atoms with Gasteiger partial charge >= 0.3 is 0 Å². The van der Waals surface area contributed by atoms with Crippen molar-refractivity contribution in [2.45, 2.75) is 52.5 Å². The Morgan fingerprint density at radius 2 is 1.85 bits per heavy atom. The second kappa shape index (κ2) is 11.8. The Morgan fingerprint density at radius 1 is 1.15 bits per heavy atom. The Balaban J connectivity index is 2.40. The summed E-state index contributed by atoms with van der Waals surface area (Å²) < 4.78 is 26.4. The van der Waals surface area contributed by atoms with Crippen LogP contribution in [0.25, 0.3) is 0 Å². The Morgan fingerprint density at radius 3 is 2.42 bits per heavy atom. The second-order valence-corrected chi connectivity index (χ2v) is 6.74. The van der Waals surface area contributed by atoms with Gasteiger partial charge in [0.25, 0.3) is 0 Å². The van der Waals surface area contributed by atoms with Crippen molar-refractivity contribution in [1.29, 1.82) is 0 Å². The van der Waals surface area contributed by atoms with Crippen molar-refractivity contribution in [2.75, 3.05) is 33.2 Å². The molecule has 0 radical (unpaired) electrons. The van der Waals surface area contributed by atoms with Gasteiger partial charge in [0.05, 0.1) is 0 Å². The fourth-order valence-electron chi connectivity index (χ4n) is 2.85. The molecule has 0 aliphatic rings. The Kier molecular flexibility index (Phi) is 10.2. The van der Waals surface area contributed by atoms with Gasteiger partial charge in [0.1, 0.15) is 0 Å². The summed E-state index contributed by atoms with van der Waals surface area (Å²) in [7, 11) is 1.74. The topological polar surface area (TPSA) is 39.7 Å². The van der Waals surface area contributed by atoms with Gasteiger partial charge in [-0.3, -0.25) is 4.99 Å². The first-order chi connectivity index (χ1) is 12.4. The fourth-order valence-corrected chi connectivity index (χ4v) is 2.85. The van der Waals surface area contributed by atoms with Crippen LogP contribution in [0, 0.1) is 11.6 Å². The van der Waals surface area contributed by atoms with E-state index in [1.807, 2.05) is 6.92 Å². The molecule has 1 aromatic carbocycles. The first-order valence-corrected chi connectivity index (χ1v) is 9.55. The van der Waals surface area contributed by atoms with Crippen LogP contribution in [-0.2, 0) is 0 Å². The van der Waals surface area contributed by atoms with Crippen molar-refractivity contribution >= 4 is 5.96 Å². The molecule has 0 saturated heterocycles. The number of aliphatic imine (C=N–C) groups is 1. The smallest absolute Gasteiger partial charge is 0.191 e. The molecule has 6 heteroatoms. The van der Waals surface area contributed by atoms with Crippen molar-refractivity contribution in [3.63, 3.8) is 0 Å². The lowest BCUT2D eigenvalue weighted by Gasteiger charge is -2.22. The first kappa shape index (κ1) is 22.4. The molecule has 2 N–H and O–H groups in total. The summed E-state index contributed by atoms with van der Waals surface area (Å²) in [6.07, 6.45) is 2.20. The highest BCUT2D eigenvalue weighted by Gasteiger charge is 2.11. The van der Waals surface area contributed by atoms with E-state index in [2.05, 4.69) is 41.3 Å². The van der Waals surface area contributed by atoms with E-state index in [0.717, 1.165) is 44.0 Å². The lowest BCUT2D eigenvalue weighted by Crippen LogP contribution is -2.43. The molecule has 26 heavy (non-hydrogen) atoms. The SMILES string of the molecule is CCN(CC)CCCC(C)NC(=NC)NCC(C)c1ccc(F)c(F)c1. The summed E-state index contributed by atoms with van der Waals surface area (Å²) in [5, 5.41) is 6.66. The molecular weight excluding hydrogens is 334 g/mol. The molecule has 1 rings (SSSR count). The zero-order valence-corrected chi connectivity index (χ0v) is 16.8. The number of nitrogens with one attached hydrogen (secondary N) is 2. The summed E-state index contributed by atoms with van der Waals surface area (Å²) in [4.78, 5) is 6.67. The Bertz CT molecular complexity index is 559. The van der Waals surface area contributed by atoms with E-state index >= 15 is 0 Å². The third-order valence-electron chi connectivity index (χ3n) is 4.70. The summed E-state index contributed by atoms with van der Waals surface area (Å²) in [6, 6.07) is 4.37. The van der Waals surface area contributed by atoms with Crippen molar-refractivity contribution < 1.29 is 8.78 Å². The first-order valence-electron chi connectivity index (χ1n) is 9.55. The summed E-state index contributed by atoms with van der Waals surface area (Å²) in [5.41, 5.74) is 0.763. The summed E-state index contributed by atoms with van der Waals surface area (Å²) >= 11 is 0. The standard InChI is InChI=1S/C20H34F2N4/c1-6-26(7-2)12-8-9-16(4)25-20(23-5)24-14-15(3)17-10-11-18(21)19(22)13-17/h10-11,13,15-16H,6-9,12,14H2,1-5H3,(H2,23,24,25). The van der Waals surface area contributed by atoms with Gasteiger partial charge in [-0.25, -0.2) is 8.78 Å². The fraction of sp³-hybridized carbons (Fsp3) is 0.650. The molecule has 0 saturated carbocycles. The lowest BCUT2D eigenvalue weighted by atomic mass is 10.0. The van der Waals surface area contributed by atoms with Gasteiger partial charge < -0.3 is 15.5 Å². The van der Waals surface area contributed by atoms with E-state index < -0.39 is 11.6 Å². The average molecular weight is 369 g/mol. The van der Waals surface area contributed by atoms with E-state index in [1.54, 1.807) is 13.1 Å². The van der Waals surface area contributed by atoms with Gasteiger partial charge in [0, 0.05) is 19.6 Å². The van der Waals surface area contributed by atoms with E-state index in [1.165, 1.54) is 12.1 Å². The molecule has 0 bridgehead atoms. The molecule has 0 aromatic heterocycles. The minimum Gasteiger partial charge on any atom is -0.356 e. The molecule has 0 amide bonds. The van der Waals surface area contributed by atoms with Crippen LogP contribution in [0.4, 0.5) is 8.78 Å². The molecule has 0 heterocycles. The quantitative estimate of drug-likeness (QED) is 0.488. The minimum atomic E-state index is -0.815. The van der Waals surface area contributed by atoms with Crippen LogP contribution in [-0.4, -0.2) is 50.1 Å². The highest BCUT2D eigenvalue weighted by molar-refractivity contribution is 5.79. The highest BCUT2D eigenvalue weighted by atomic mass is 19.2. The number of rotatable bonds is 10.